The molecular formula is C16H20O4. The van der Waals surface area contributed by atoms with E-state index in [-0.39, 0.29) is 30.7 Å². The van der Waals surface area contributed by atoms with Crippen LogP contribution in [0.2, 0.25) is 0 Å². The van der Waals surface area contributed by atoms with Crippen LogP contribution in [-0.4, -0.2) is 24.5 Å². The fourth-order valence-corrected chi connectivity index (χ4v) is 2.39. The van der Waals surface area contributed by atoms with Gasteiger partial charge in [-0.3, -0.25) is 4.79 Å². The van der Waals surface area contributed by atoms with Crippen LogP contribution in [-0.2, 0) is 25.7 Å². The van der Waals surface area contributed by atoms with Gasteiger partial charge < -0.3 is 14.3 Å². The van der Waals surface area contributed by atoms with E-state index in [1.807, 2.05) is 37.3 Å². The standard InChI is InChI=1S/C16H20O4/c1-12(15-8-7-14(20-15)9-10-17)16(18)19-11-13-5-3-2-4-6-13/h2-6,10,12,14-15H,7-9,11H2,1H3/t12-,14+,15-/m1/s1. The van der Waals surface area contributed by atoms with E-state index in [0.29, 0.717) is 6.42 Å². The maximum absolute atomic E-state index is 12.0. The van der Waals surface area contributed by atoms with Gasteiger partial charge in [-0.15, -0.1) is 0 Å². The number of benzene rings is 1. The molecule has 0 saturated carbocycles. The van der Waals surface area contributed by atoms with Gasteiger partial charge >= 0.3 is 5.97 Å². The van der Waals surface area contributed by atoms with Crippen LogP contribution in [0.25, 0.3) is 0 Å². The molecule has 108 valence electrons. The van der Waals surface area contributed by atoms with Crippen LogP contribution in [0, 0.1) is 5.92 Å². The Morgan fingerprint density at radius 2 is 2.15 bits per heavy atom. The summed E-state index contributed by atoms with van der Waals surface area (Å²) in [4.78, 5) is 22.5. The second-order valence-electron chi connectivity index (χ2n) is 5.16. The number of ether oxygens (including phenoxy) is 2. The van der Waals surface area contributed by atoms with Gasteiger partial charge in [0.25, 0.3) is 0 Å². The molecule has 1 aliphatic heterocycles. The van der Waals surface area contributed by atoms with Gasteiger partial charge in [-0.05, 0) is 25.3 Å². The average Bonchev–Trinajstić information content (AvgIpc) is 2.94. The van der Waals surface area contributed by atoms with Gasteiger partial charge in [0.2, 0.25) is 0 Å². The van der Waals surface area contributed by atoms with Crippen LogP contribution in [0.3, 0.4) is 0 Å². The molecule has 4 nitrogen and oxygen atoms in total. The monoisotopic (exact) mass is 276 g/mol. The van der Waals surface area contributed by atoms with Crippen molar-refractivity contribution >= 4 is 12.3 Å². The molecule has 3 atom stereocenters. The second kappa shape index (κ2) is 7.20. The number of aldehydes is 1. The van der Waals surface area contributed by atoms with E-state index in [1.165, 1.54) is 0 Å². The minimum atomic E-state index is -0.296. The summed E-state index contributed by atoms with van der Waals surface area (Å²) in [5.41, 5.74) is 0.972. The molecular weight excluding hydrogens is 256 g/mol. The minimum absolute atomic E-state index is 0.0399. The lowest BCUT2D eigenvalue weighted by atomic mass is 10.0. The summed E-state index contributed by atoms with van der Waals surface area (Å²) in [5.74, 6) is -0.541. The number of rotatable bonds is 6. The highest BCUT2D eigenvalue weighted by Crippen LogP contribution is 2.27. The largest absolute Gasteiger partial charge is 0.461 e. The third-order valence-corrected chi connectivity index (χ3v) is 3.65. The number of hydrogen-bond acceptors (Lipinski definition) is 4. The first-order chi connectivity index (χ1) is 9.70. The molecule has 1 aliphatic rings. The molecule has 0 unspecified atom stereocenters. The molecule has 1 fully saturated rings. The highest BCUT2D eigenvalue weighted by atomic mass is 16.5. The maximum Gasteiger partial charge on any atom is 0.311 e. The fourth-order valence-electron chi connectivity index (χ4n) is 2.39. The Morgan fingerprint density at radius 3 is 2.85 bits per heavy atom. The molecule has 1 saturated heterocycles. The Kier molecular flexibility index (Phi) is 5.30. The zero-order chi connectivity index (χ0) is 14.4. The topological polar surface area (TPSA) is 52.6 Å². The van der Waals surface area contributed by atoms with Crippen LogP contribution < -0.4 is 0 Å². The third kappa shape index (κ3) is 3.90. The predicted octanol–water partition coefficient (Wildman–Crippen LogP) is 2.50. The van der Waals surface area contributed by atoms with Gasteiger partial charge in [0.15, 0.2) is 0 Å². The van der Waals surface area contributed by atoms with E-state index in [0.717, 1.165) is 24.7 Å². The van der Waals surface area contributed by atoms with Crippen molar-refractivity contribution in [3.8, 4) is 0 Å². The highest BCUT2D eigenvalue weighted by Gasteiger charge is 2.33. The highest BCUT2D eigenvalue weighted by molar-refractivity contribution is 5.72. The minimum Gasteiger partial charge on any atom is -0.461 e. The van der Waals surface area contributed by atoms with Crippen LogP contribution in [0.15, 0.2) is 30.3 Å². The van der Waals surface area contributed by atoms with Crippen LogP contribution >= 0.6 is 0 Å². The molecule has 2 rings (SSSR count). The number of esters is 1. The molecule has 1 aromatic rings. The molecule has 20 heavy (non-hydrogen) atoms. The van der Waals surface area contributed by atoms with E-state index in [9.17, 15) is 9.59 Å². The average molecular weight is 276 g/mol. The normalized spacial score (nSPS) is 23.2. The maximum atomic E-state index is 12.0. The van der Waals surface area contributed by atoms with Gasteiger partial charge in [-0.2, -0.15) is 0 Å². The summed E-state index contributed by atoms with van der Waals surface area (Å²) >= 11 is 0. The number of carbonyl (C=O) groups excluding carboxylic acids is 2. The Bertz CT molecular complexity index is 443. The van der Waals surface area contributed by atoms with Crippen molar-refractivity contribution < 1.29 is 19.1 Å². The Labute approximate surface area is 119 Å². The number of carbonyl (C=O) groups is 2. The third-order valence-electron chi connectivity index (χ3n) is 3.65. The molecule has 0 aliphatic carbocycles. The van der Waals surface area contributed by atoms with Crippen molar-refractivity contribution in [2.75, 3.05) is 0 Å². The summed E-state index contributed by atoms with van der Waals surface area (Å²) in [6.45, 7) is 2.11. The Hall–Kier alpha value is -1.68. The lowest BCUT2D eigenvalue weighted by molar-refractivity contribution is -0.154. The summed E-state index contributed by atoms with van der Waals surface area (Å²) < 4.78 is 11.0. The molecule has 0 N–H and O–H groups in total. The van der Waals surface area contributed by atoms with Crippen molar-refractivity contribution in [1.82, 2.24) is 0 Å². The van der Waals surface area contributed by atoms with E-state index in [4.69, 9.17) is 9.47 Å². The van der Waals surface area contributed by atoms with E-state index in [2.05, 4.69) is 0 Å². The quantitative estimate of drug-likeness (QED) is 0.591. The van der Waals surface area contributed by atoms with E-state index < -0.39 is 0 Å². The van der Waals surface area contributed by atoms with E-state index in [1.54, 1.807) is 0 Å². The molecule has 0 amide bonds. The second-order valence-corrected chi connectivity index (χ2v) is 5.16. The van der Waals surface area contributed by atoms with Crippen LogP contribution in [0.1, 0.15) is 31.7 Å². The first-order valence-corrected chi connectivity index (χ1v) is 7.00. The SMILES string of the molecule is C[C@@H](C(=O)OCc1ccccc1)[C@H]1CC[C@@H](CC=O)O1. The molecule has 1 aromatic carbocycles. The van der Waals surface area contributed by atoms with Crippen molar-refractivity contribution in [2.45, 2.75) is 45.0 Å². The molecule has 0 radical (unpaired) electrons. The molecule has 1 heterocycles. The van der Waals surface area contributed by atoms with Crippen molar-refractivity contribution in [1.29, 1.82) is 0 Å². The summed E-state index contributed by atoms with van der Waals surface area (Å²) in [5, 5.41) is 0. The zero-order valence-electron chi connectivity index (χ0n) is 11.7. The van der Waals surface area contributed by atoms with Gasteiger partial charge in [0.1, 0.15) is 12.9 Å². The molecule has 0 spiro atoms. The van der Waals surface area contributed by atoms with Gasteiger partial charge in [-0.25, -0.2) is 0 Å². The van der Waals surface area contributed by atoms with Crippen molar-refractivity contribution in [2.24, 2.45) is 5.92 Å². The van der Waals surface area contributed by atoms with Crippen LogP contribution in [0.4, 0.5) is 0 Å². The van der Waals surface area contributed by atoms with Gasteiger partial charge in [0, 0.05) is 6.42 Å². The Morgan fingerprint density at radius 1 is 1.40 bits per heavy atom. The first kappa shape index (κ1) is 14.7. The lowest BCUT2D eigenvalue weighted by Crippen LogP contribution is -2.27. The molecule has 0 bridgehead atoms. The van der Waals surface area contributed by atoms with Gasteiger partial charge in [0.05, 0.1) is 18.1 Å². The van der Waals surface area contributed by atoms with Crippen LogP contribution in [0.5, 0.6) is 0 Å². The summed E-state index contributed by atoms with van der Waals surface area (Å²) in [6, 6.07) is 9.59. The van der Waals surface area contributed by atoms with Gasteiger partial charge in [-0.1, -0.05) is 30.3 Å². The smallest absolute Gasteiger partial charge is 0.311 e. The summed E-state index contributed by atoms with van der Waals surface area (Å²) in [6.07, 6.45) is 2.73. The Balaban J connectivity index is 1.79. The zero-order valence-corrected chi connectivity index (χ0v) is 11.7. The number of hydrogen-bond donors (Lipinski definition) is 0. The van der Waals surface area contributed by atoms with Crippen molar-refractivity contribution in [3.05, 3.63) is 35.9 Å². The molecule has 4 heteroatoms. The van der Waals surface area contributed by atoms with E-state index >= 15 is 0 Å². The summed E-state index contributed by atoms with van der Waals surface area (Å²) in [7, 11) is 0. The van der Waals surface area contributed by atoms with Crippen molar-refractivity contribution in [3.63, 3.8) is 0 Å². The lowest BCUT2D eigenvalue weighted by Gasteiger charge is -2.18. The predicted molar refractivity (Wildman–Crippen MR) is 74.0 cm³/mol. The first-order valence-electron chi connectivity index (χ1n) is 7.00. The fraction of sp³-hybridized carbons (Fsp3) is 0.500. The molecule has 0 aromatic heterocycles.